The third-order valence-electron chi connectivity index (χ3n) is 10.4. The standard InChI is InChI=1S/C18H31N6O.C11H17N4O2S.C11H17N4O.3CH3/c1-21(2)15-7-6-9-23-17(15)16(19)18(20-23)25-12-11-22-10-8-14(13-22)24(3,4)5;1-15(2,3)8-6-5-7-14-10(8)9(12)11(13-14)18(4,16)17;1-15(2,3)8-6-5-7-14-10(8)9(12)11(13-14)16-4;;;/h6-7,9,14H,8,10-13,19H2,1-5H3;5-7H,12H2,1-4H3;5-7H,12H2,1-4H3;3*1H3/q3*+1;3*-1. The van der Waals surface area contributed by atoms with Gasteiger partial charge in [0.15, 0.2) is 32.2 Å². The molecule has 0 amide bonds. The Balaban J connectivity index is 0.000000322. The average Bonchev–Trinajstić information content (AvgIpc) is 3.92. The van der Waals surface area contributed by atoms with E-state index in [9.17, 15) is 8.42 Å². The van der Waals surface area contributed by atoms with E-state index in [4.69, 9.17) is 26.7 Å². The molecule has 0 spiro atoms. The molecule has 1 aliphatic rings. The van der Waals surface area contributed by atoms with Gasteiger partial charge < -0.3 is 58.3 Å². The summed E-state index contributed by atoms with van der Waals surface area (Å²) in [6, 6.07) is 12.4. The van der Waals surface area contributed by atoms with Gasteiger partial charge in [-0.2, -0.15) is 5.10 Å². The van der Waals surface area contributed by atoms with Crippen molar-refractivity contribution in [1.29, 1.82) is 0 Å². The molecule has 6 N–H and O–H groups in total. The highest BCUT2D eigenvalue weighted by Gasteiger charge is 2.32. The molecule has 7 rings (SSSR count). The molecule has 0 bridgehead atoms. The Morgan fingerprint density at radius 1 is 0.726 bits per heavy atom. The number of fused-ring (bicyclic) bond motifs is 3. The van der Waals surface area contributed by atoms with Crippen molar-refractivity contribution < 1.29 is 22.4 Å². The number of ether oxygens (including phenoxy) is 2. The van der Waals surface area contributed by atoms with E-state index in [0.717, 1.165) is 58.5 Å². The van der Waals surface area contributed by atoms with Crippen molar-refractivity contribution in [3.05, 3.63) is 77.3 Å². The zero-order chi connectivity index (χ0) is 43.8. The second-order valence-corrected chi connectivity index (χ2v) is 19.8. The minimum absolute atomic E-state index is 0. The lowest BCUT2D eigenvalue weighted by Crippen LogP contribution is -2.46. The van der Waals surface area contributed by atoms with Gasteiger partial charge in [-0.25, -0.2) is 22.0 Å². The van der Waals surface area contributed by atoms with Gasteiger partial charge in [0.2, 0.25) is 5.03 Å². The van der Waals surface area contributed by atoms with E-state index in [2.05, 4.69) is 62.5 Å². The first-order chi connectivity index (χ1) is 27.3. The van der Waals surface area contributed by atoms with Crippen LogP contribution >= 0.6 is 0 Å². The van der Waals surface area contributed by atoms with Gasteiger partial charge in [-0.15, -0.1) is 10.2 Å². The van der Waals surface area contributed by atoms with Crippen LogP contribution in [0.4, 0.5) is 34.1 Å². The van der Waals surface area contributed by atoms with Crippen LogP contribution in [-0.2, 0) is 9.84 Å². The van der Waals surface area contributed by atoms with Crippen molar-refractivity contribution in [1.82, 2.24) is 42.7 Å². The molecule has 18 nitrogen and oxygen atoms in total. The number of hydrogen-bond acceptors (Lipinski definition) is 12. The summed E-state index contributed by atoms with van der Waals surface area (Å²) in [7, 11) is 21.2. The second-order valence-electron chi connectivity index (χ2n) is 17.8. The minimum Gasteiger partial charge on any atom is -0.478 e. The highest BCUT2D eigenvalue weighted by atomic mass is 32.2. The number of sulfone groups is 1. The van der Waals surface area contributed by atoms with Gasteiger partial charge in [0.25, 0.3) is 11.8 Å². The molecule has 1 unspecified atom stereocenters. The molecule has 62 heavy (non-hydrogen) atoms. The third kappa shape index (κ3) is 11.4. The average molecular weight is 883 g/mol. The van der Waals surface area contributed by atoms with Crippen LogP contribution in [0, 0.1) is 22.3 Å². The van der Waals surface area contributed by atoms with Crippen LogP contribution in [0.1, 0.15) is 6.42 Å². The summed E-state index contributed by atoms with van der Waals surface area (Å²) in [5.41, 5.74) is 25.2. The van der Waals surface area contributed by atoms with Crippen LogP contribution < -0.4 is 40.5 Å². The maximum atomic E-state index is 11.6. The molecule has 1 saturated heterocycles. The number of aromatic nitrogens is 6. The molecular weight excluding hydrogens is 809 g/mol. The first-order valence-corrected chi connectivity index (χ1v) is 21.3. The van der Waals surface area contributed by atoms with Crippen LogP contribution in [0.3, 0.4) is 0 Å². The predicted octanol–water partition coefficient (Wildman–Crippen LogP) is 4.13. The number of anilines is 4. The van der Waals surface area contributed by atoms with E-state index in [1.54, 1.807) is 22.3 Å². The van der Waals surface area contributed by atoms with Crippen LogP contribution in [0.2, 0.25) is 0 Å². The molecule has 19 heteroatoms. The van der Waals surface area contributed by atoms with Gasteiger partial charge in [-0.3, -0.25) is 13.9 Å². The van der Waals surface area contributed by atoms with Gasteiger partial charge >= 0.3 is 0 Å². The molecule has 1 atom stereocenters. The molecule has 6 aromatic rings. The van der Waals surface area contributed by atoms with Crippen molar-refractivity contribution in [2.75, 3.05) is 139 Å². The summed E-state index contributed by atoms with van der Waals surface area (Å²) in [5.74, 6) is 0.998. The van der Waals surface area contributed by atoms with E-state index in [1.165, 1.54) is 10.9 Å². The van der Waals surface area contributed by atoms with E-state index in [1.807, 2.05) is 88.9 Å². The molecule has 7 heterocycles. The van der Waals surface area contributed by atoms with Crippen LogP contribution in [0.25, 0.3) is 16.6 Å². The van der Waals surface area contributed by atoms with E-state index in [-0.39, 0.29) is 33.0 Å². The molecule has 346 valence electrons. The number of nitrogens with two attached hydrogens (primary N) is 3. The summed E-state index contributed by atoms with van der Waals surface area (Å²) in [6.45, 7) is 3.77. The van der Waals surface area contributed by atoms with Gasteiger partial charge in [-0.1, -0.05) is 0 Å². The van der Waals surface area contributed by atoms with E-state index < -0.39 is 9.84 Å². The number of pyridine rings is 3. The van der Waals surface area contributed by atoms with Crippen LogP contribution in [0.5, 0.6) is 11.8 Å². The van der Waals surface area contributed by atoms with E-state index in [0.29, 0.717) is 50.3 Å². The number of likely N-dealkylation sites (tertiary alicyclic amines) is 1. The number of quaternary nitrogens is 3. The molecule has 0 aromatic carbocycles. The lowest BCUT2D eigenvalue weighted by atomic mass is 10.2. The lowest BCUT2D eigenvalue weighted by Gasteiger charge is -2.31. The number of nitrogens with zero attached hydrogens (tertiary/aromatic N) is 11. The number of rotatable bonds is 10. The minimum atomic E-state index is -3.42. The Hall–Kier alpha value is -5.34. The van der Waals surface area contributed by atoms with E-state index >= 15 is 0 Å². The fraction of sp³-hybridized carbons (Fsp3) is 0.442. The maximum Gasteiger partial charge on any atom is 0.257 e. The Labute approximate surface area is 370 Å². The molecule has 0 saturated carbocycles. The fourth-order valence-electron chi connectivity index (χ4n) is 7.15. The Kier molecular flexibility index (Phi) is 16.9. The topological polar surface area (TPSA) is 189 Å². The Bertz CT molecular complexity index is 2520. The molecule has 1 aliphatic heterocycles. The Morgan fingerprint density at radius 3 is 1.66 bits per heavy atom. The van der Waals surface area contributed by atoms with Crippen molar-refractivity contribution in [3.63, 3.8) is 0 Å². The highest BCUT2D eigenvalue weighted by molar-refractivity contribution is 7.90. The van der Waals surface area contributed by atoms with Gasteiger partial charge in [0, 0.05) is 70.6 Å². The second kappa shape index (κ2) is 19.8. The van der Waals surface area contributed by atoms with Gasteiger partial charge in [0.1, 0.15) is 35.2 Å². The Morgan fingerprint density at radius 2 is 1.19 bits per heavy atom. The van der Waals surface area contributed by atoms with Crippen LogP contribution in [0.15, 0.2) is 60.0 Å². The summed E-state index contributed by atoms with van der Waals surface area (Å²) in [4.78, 5) is 4.50. The zero-order valence-corrected chi connectivity index (χ0v) is 40.8. The first-order valence-electron chi connectivity index (χ1n) is 19.4. The summed E-state index contributed by atoms with van der Waals surface area (Å²) < 4.78 is 41.6. The SMILES string of the molecule is CN(C)c1cccn2nc(OCCN3CCC([N+](C)(C)C)C3)c(N)c12.COc1nn2cccc([N+](C)(C)C)c2c1N.C[N+](C)(C)c1cccn2nc(S(C)(=O)=O)c(N)c12.[CH3-].[CH3-].[CH3-]. The summed E-state index contributed by atoms with van der Waals surface area (Å²) in [6.07, 6.45) is 7.81. The molecule has 6 aromatic heterocycles. The predicted molar refractivity (Wildman–Crippen MR) is 260 cm³/mol. The quantitative estimate of drug-likeness (QED) is 0.132. The number of likely N-dealkylation sites (N-methyl/N-ethyl adjacent to an activating group) is 1. The maximum absolute atomic E-state index is 11.6. The lowest BCUT2D eigenvalue weighted by molar-refractivity contribution is -0.893. The normalized spacial score (nSPS) is 14.5. The van der Waals surface area contributed by atoms with Crippen molar-refractivity contribution in [3.8, 4) is 11.8 Å². The third-order valence-corrected chi connectivity index (χ3v) is 11.4. The summed E-state index contributed by atoms with van der Waals surface area (Å²) >= 11 is 0. The smallest absolute Gasteiger partial charge is 0.257 e. The molecule has 1 fully saturated rings. The largest absolute Gasteiger partial charge is 0.478 e. The zero-order valence-electron chi connectivity index (χ0n) is 40.0. The van der Waals surface area contributed by atoms with Crippen molar-refractivity contribution in [2.24, 2.45) is 0 Å². The molecular formula is C43H74N14O4S. The number of hydrogen-bond donors (Lipinski definition) is 3. The first kappa shape index (κ1) is 52.8. The molecule has 0 radical (unpaired) electrons. The van der Waals surface area contributed by atoms with Crippen LogP contribution in [-0.4, -0.2) is 170 Å². The van der Waals surface area contributed by atoms with Crippen molar-refractivity contribution >= 4 is 60.5 Å². The van der Waals surface area contributed by atoms with Gasteiger partial charge in [-0.05, 0) is 24.3 Å². The highest BCUT2D eigenvalue weighted by Crippen LogP contribution is 2.35. The summed E-state index contributed by atoms with van der Waals surface area (Å²) in [5, 5.41) is 12.7. The number of nitrogen functional groups attached to an aromatic ring is 3. The number of methoxy groups -OCH3 is 1. The van der Waals surface area contributed by atoms with Gasteiger partial charge in [0.05, 0.1) is 82.8 Å². The monoisotopic (exact) mass is 883 g/mol. The van der Waals surface area contributed by atoms with Crippen molar-refractivity contribution in [2.45, 2.75) is 17.5 Å². The fourth-order valence-corrected chi connectivity index (χ4v) is 7.88. The molecule has 0 aliphatic carbocycles.